The minimum absolute atomic E-state index is 0.155. The molecular weight excluding hydrogens is 272 g/mol. The molecule has 0 spiro atoms. The molecule has 1 aliphatic rings. The van der Waals surface area contributed by atoms with E-state index in [4.69, 9.17) is 11.5 Å². The maximum atomic E-state index is 12.2. The Morgan fingerprint density at radius 3 is 2.48 bits per heavy atom. The van der Waals surface area contributed by atoms with E-state index >= 15 is 0 Å². The molecule has 0 aliphatic carbocycles. The van der Waals surface area contributed by atoms with E-state index in [9.17, 15) is 14.4 Å². The molecule has 1 heterocycles. The van der Waals surface area contributed by atoms with Gasteiger partial charge in [0.1, 0.15) is 6.04 Å². The number of anilines is 1. The number of carbonyl (C=O) groups excluding carboxylic acids is 3. The second kappa shape index (κ2) is 6.36. The van der Waals surface area contributed by atoms with E-state index in [-0.39, 0.29) is 31.3 Å². The molecular formula is C14H18N4O3. The van der Waals surface area contributed by atoms with Gasteiger partial charge in [0.05, 0.1) is 12.5 Å². The summed E-state index contributed by atoms with van der Waals surface area (Å²) in [6, 6.07) is 8.22. The summed E-state index contributed by atoms with van der Waals surface area (Å²) in [6.45, 7) is -0.0564. The Morgan fingerprint density at radius 2 is 1.90 bits per heavy atom. The number of nitrogens with one attached hydrogen (secondary N) is 1. The van der Waals surface area contributed by atoms with Crippen LogP contribution >= 0.6 is 0 Å². The van der Waals surface area contributed by atoms with E-state index in [1.54, 1.807) is 24.3 Å². The first kappa shape index (κ1) is 15.0. The lowest BCUT2D eigenvalue weighted by atomic mass is 10.0. The Morgan fingerprint density at radius 1 is 1.24 bits per heavy atom. The zero-order valence-corrected chi connectivity index (χ0v) is 11.5. The normalized spacial score (nSPS) is 21.1. The summed E-state index contributed by atoms with van der Waals surface area (Å²) in [5, 5.41) is 2.76. The predicted octanol–water partition coefficient (Wildman–Crippen LogP) is -0.714. The number of primary amides is 1. The number of nitrogens with zero attached hydrogens (tertiary/aromatic N) is 1. The molecule has 2 rings (SSSR count). The predicted molar refractivity (Wildman–Crippen MR) is 76.9 cm³/mol. The van der Waals surface area contributed by atoms with Crippen molar-refractivity contribution >= 4 is 23.4 Å². The molecule has 1 saturated heterocycles. The monoisotopic (exact) mass is 290 g/mol. The van der Waals surface area contributed by atoms with Crippen molar-refractivity contribution in [1.29, 1.82) is 0 Å². The smallest absolute Gasteiger partial charge is 0.240 e. The van der Waals surface area contributed by atoms with Gasteiger partial charge in [-0.3, -0.25) is 14.4 Å². The van der Waals surface area contributed by atoms with Crippen LogP contribution in [0.25, 0.3) is 0 Å². The van der Waals surface area contributed by atoms with E-state index in [2.05, 4.69) is 5.32 Å². The number of hydrogen-bond acceptors (Lipinski definition) is 4. The highest BCUT2D eigenvalue weighted by molar-refractivity contribution is 5.95. The number of para-hydroxylation sites is 1. The van der Waals surface area contributed by atoms with Gasteiger partial charge in [-0.05, 0) is 18.6 Å². The largest absolute Gasteiger partial charge is 0.368 e. The molecule has 2 atom stereocenters. The summed E-state index contributed by atoms with van der Waals surface area (Å²) in [5.41, 5.74) is 11.3. The number of likely N-dealkylation sites (tertiary alicyclic amines) is 1. The highest BCUT2D eigenvalue weighted by Gasteiger charge is 2.41. The summed E-state index contributed by atoms with van der Waals surface area (Å²) >= 11 is 0. The van der Waals surface area contributed by atoms with Gasteiger partial charge in [-0.15, -0.1) is 0 Å². The molecule has 1 aliphatic heterocycles. The lowest BCUT2D eigenvalue weighted by molar-refractivity contribution is -0.136. The third-order valence-electron chi connectivity index (χ3n) is 3.54. The molecule has 0 aromatic heterocycles. The average Bonchev–Trinajstić information content (AvgIpc) is 2.93. The zero-order valence-electron chi connectivity index (χ0n) is 11.5. The van der Waals surface area contributed by atoms with Crippen LogP contribution in [0.1, 0.15) is 6.42 Å². The minimum Gasteiger partial charge on any atom is -0.368 e. The van der Waals surface area contributed by atoms with Crippen molar-refractivity contribution in [3.8, 4) is 0 Å². The van der Waals surface area contributed by atoms with Gasteiger partial charge in [-0.25, -0.2) is 0 Å². The molecule has 1 fully saturated rings. The van der Waals surface area contributed by atoms with Crippen LogP contribution in [0.3, 0.4) is 0 Å². The Kier molecular flexibility index (Phi) is 4.54. The Balaban J connectivity index is 2.06. The number of benzene rings is 1. The number of nitrogens with two attached hydrogens (primary N) is 2. The fraction of sp³-hybridized carbons (Fsp3) is 0.357. The maximum absolute atomic E-state index is 12.2. The molecule has 0 radical (unpaired) electrons. The Labute approximate surface area is 122 Å². The molecule has 2 unspecified atom stereocenters. The van der Waals surface area contributed by atoms with E-state index in [1.165, 1.54) is 4.90 Å². The zero-order chi connectivity index (χ0) is 15.4. The first-order valence-electron chi connectivity index (χ1n) is 6.67. The molecule has 0 bridgehead atoms. The van der Waals surface area contributed by atoms with Gasteiger partial charge in [0, 0.05) is 12.2 Å². The van der Waals surface area contributed by atoms with E-state index in [0.29, 0.717) is 5.69 Å². The van der Waals surface area contributed by atoms with Gasteiger partial charge in [-0.1, -0.05) is 18.2 Å². The van der Waals surface area contributed by atoms with E-state index in [0.717, 1.165) is 0 Å². The van der Waals surface area contributed by atoms with Gasteiger partial charge in [-0.2, -0.15) is 0 Å². The quantitative estimate of drug-likeness (QED) is 0.678. The number of rotatable bonds is 4. The summed E-state index contributed by atoms with van der Waals surface area (Å²) < 4.78 is 0. The van der Waals surface area contributed by atoms with Gasteiger partial charge in [0.2, 0.25) is 17.7 Å². The third kappa shape index (κ3) is 3.38. The van der Waals surface area contributed by atoms with Crippen LogP contribution in [0.5, 0.6) is 0 Å². The van der Waals surface area contributed by atoms with Crippen LogP contribution in [-0.4, -0.2) is 41.8 Å². The van der Waals surface area contributed by atoms with Crippen molar-refractivity contribution in [2.24, 2.45) is 17.4 Å². The van der Waals surface area contributed by atoms with Crippen LogP contribution in [0.15, 0.2) is 30.3 Å². The van der Waals surface area contributed by atoms with Gasteiger partial charge >= 0.3 is 0 Å². The summed E-state index contributed by atoms with van der Waals surface area (Å²) in [5.74, 6) is -1.71. The molecule has 1 aromatic rings. The molecule has 5 N–H and O–H groups in total. The van der Waals surface area contributed by atoms with Crippen LogP contribution < -0.4 is 16.8 Å². The fourth-order valence-electron chi connectivity index (χ4n) is 2.45. The van der Waals surface area contributed by atoms with Crippen LogP contribution in [0.4, 0.5) is 5.69 Å². The van der Waals surface area contributed by atoms with Crippen molar-refractivity contribution in [3.63, 3.8) is 0 Å². The third-order valence-corrected chi connectivity index (χ3v) is 3.54. The topological polar surface area (TPSA) is 119 Å². The Hall–Kier alpha value is -2.41. The van der Waals surface area contributed by atoms with Crippen molar-refractivity contribution in [1.82, 2.24) is 4.90 Å². The molecule has 21 heavy (non-hydrogen) atoms. The van der Waals surface area contributed by atoms with Crippen molar-refractivity contribution in [2.75, 3.05) is 18.4 Å². The highest BCUT2D eigenvalue weighted by atomic mass is 16.2. The standard InChI is InChI=1S/C14H18N4O3/c15-7-12(19)18-8-9(6-11(18)13(16)20)14(21)17-10-4-2-1-3-5-10/h1-5,9,11H,6-8,15H2,(H2,16,20)(H,17,21). The summed E-state index contributed by atoms with van der Waals surface area (Å²) in [7, 11) is 0. The lowest BCUT2D eigenvalue weighted by Gasteiger charge is -2.21. The first-order valence-corrected chi connectivity index (χ1v) is 6.67. The molecule has 0 saturated carbocycles. The lowest BCUT2D eigenvalue weighted by Crippen LogP contribution is -2.46. The Bertz CT molecular complexity index is 546. The molecule has 7 nitrogen and oxygen atoms in total. The van der Waals surface area contributed by atoms with E-state index < -0.39 is 17.9 Å². The second-order valence-electron chi connectivity index (χ2n) is 4.96. The average molecular weight is 290 g/mol. The number of amides is 3. The van der Waals surface area contributed by atoms with E-state index in [1.807, 2.05) is 6.07 Å². The highest BCUT2D eigenvalue weighted by Crippen LogP contribution is 2.24. The van der Waals surface area contributed by atoms with Crippen LogP contribution in [-0.2, 0) is 14.4 Å². The van der Waals surface area contributed by atoms with Crippen molar-refractivity contribution in [2.45, 2.75) is 12.5 Å². The van der Waals surface area contributed by atoms with Crippen molar-refractivity contribution < 1.29 is 14.4 Å². The second-order valence-corrected chi connectivity index (χ2v) is 4.96. The minimum atomic E-state index is -0.771. The summed E-state index contributed by atoms with van der Waals surface area (Å²) in [6.07, 6.45) is 0.222. The van der Waals surface area contributed by atoms with Gasteiger partial charge in [0.15, 0.2) is 0 Å². The first-order chi connectivity index (χ1) is 10.0. The molecule has 7 heteroatoms. The number of carbonyl (C=O) groups is 3. The maximum Gasteiger partial charge on any atom is 0.240 e. The SMILES string of the molecule is NCC(=O)N1CC(C(=O)Nc2ccccc2)CC1C(N)=O. The van der Waals surface area contributed by atoms with Crippen LogP contribution in [0, 0.1) is 5.92 Å². The number of hydrogen-bond donors (Lipinski definition) is 3. The van der Waals surface area contributed by atoms with Crippen molar-refractivity contribution in [3.05, 3.63) is 30.3 Å². The van der Waals surface area contributed by atoms with Gasteiger partial charge < -0.3 is 21.7 Å². The molecule has 112 valence electrons. The molecule has 1 aromatic carbocycles. The fourth-order valence-corrected chi connectivity index (χ4v) is 2.45. The van der Waals surface area contributed by atoms with Crippen LogP contribution in [0.2, 0.25) is 0 Å². The molecule has 3 amide bonds. The summed E-state index contributed by atoms with van der Waals surface area (Å²) in [4.78, 5) is 36.6. The van der Waals surface area contributed by atoms with Gasteiger partial charge in [0.25, 0.3) is 0 Å².